The van der Waals surface area contributed by atoms with Crippen LogP contribution in [0.2, 0.25) is 0 Å². The lowest BCUT2D eigenvalue weighted by molar-refractivity contribution is 0.385. The van der Waals surface area contributed by atoms with Crippen LogP contribution in [-0.4, -0.2) is 6.07 Å². The molecule has 1 nitrogen and oxygen atoms in total. The molecule has 0 saturated carbocycles. The first-order valence-corrected chi connectivity index (χ1v) is 5.43. The second-order valence-electron chi connectivity index (χ2n) is 4.02. The van der Waals surface area contributed by atoms with Crippen molar-refractivity contribution in [3.8, 4) is 5.75 Å². The first-order valence-electron chi connectivity index (χ1n) is 4.89. The maximum absolute atomic E-state index is 5.51. The van der Waals surface area contributed by atoms with Crippen LogP contribution in [0.3, 0.4) is 0 Å². The molecule has 1 aromatic rings. The van der Waals surface area contributed by atoms with Crippen molar-refractivity contribution in [3.05, 3.63) is 29.8 Å². The highest BCUT2D eigenvalue weighted by atomic mass is 35.5. The molecule has 0 aromatic heterocycles. The largest absolute Gasteiger partial charge is 0.478 e. The number of ether oxygens (including phenoxy) is 1. The molecule has 0 unspecified atom stereocenters. The van der Waals surface area contributed by atoms with Crippen molar-refractivity contribution in [3.63, 3.8) is 0 Å². The van der Waals surface area contributed by atoms with Crippen molar-refractivity contribution in [1.29, 1.82) is 0 Å². The van der Waals surface area contributed by atoms with E-state index in [1.54, 1.807) is 0 Å². The Morgan fingerprint density at radius 1 is 1.36 bits per heavy atom. The van der Waals surface area contributed by atoms with E-state index in [9.17, 15) is 0 Å². The van der Waals surface area contributed by atoms with Crippen molar-refractivity contribution < 1.29 is 4.74 Å². The van der Waals surface area contributed by atoms with Crippen molar-refractivity contribution in [2.75, 3.05) is 6.07 Å². The third-order valence-electron chi connectivity index (χ3n) is 2.72. The normalized spacial score (nSPS) is 11.4. The molecular weight excluding hydrogens is 196 g/mol. The summed E-state index contributed by atoms with van der Waals surface area (Å²) >= 11 is 5.51. The molecule has 0 amide bonds. The molecule has 0 fully saturated rings. The zero-order valence-electron chi connectivity index (χ0n) is 9.01. The second kappa shape index (κ2) is 4.70. The van der Waals surface area contributed by atoms with Crippen LogP contribution in [0.4, 0.5) is 0 Å². The first kappa shape index (κ1) is 11.4. The fourth-order valence-electron chi connectivity index (χ4n) is 1.27. The number of alkyl halides is 1. The topological polar surface area (TPSA) is 9.23 Å². The molecule has 0 bridgehead atoms. The molecule has 0 saturated heterocycles. The molecule has 0 atom stereocenters. The zero-order valence-corrected chi connectivity index (χ0v) is 9.77. The van der Waals surface area contributed by atoms with Gasteiger partial charge in [0.05, 0.1) is 0 Å². The Hall–Kier alpha value is -0.690. The number of benzene rings is 1. The van der Waals surface area contributed by atoms with Gasteiger partial charge in [-0.2, -0.15) is 0 Å². The Bertz CT molecular complexity index is 294. The minimum atomic E-state index is 0.200. The third kappa shape index (κ3) is 2.65. The molecule has 0 N–H and O–H groups in total. The van der Waals surface area contributed by atoms with Crippen molar-refractivity contribution in [2.45, 2.75) is 32.6 Å². The minimum Gasteiger partial charge on any atom is -0.478 e. The van der Waals surface area contributed by atoms with Crippen LogP contribution in [0, 0.1) is 0 Å². The van der Waals surface area contributed by atoms with Gasteiger partial charge >= 0.3 is 0 Å². The minimum absolute atomic E-state index is 0.200. The zero-order chi connectivity index (χ0) is 10.6. The van der Waals surface area contributed by atoms with Gasteiger partial charge < -0.3 is 4.74 Å². The summed E-state index contributed by atoms with van der Waals surface area (Å²) in [5.74, 6) is 0.846. The maximum Gasteiger partial charge on any atom is 0.162 e. The summed E-state index contributed by atoms with van der Waals surface area (Å²) < 4.78 is 5.25. The predicted molar refractivity (Wildman–Crippen MR) is 61.1 cm³/mol. The summed E-state index contributed by atoms with van der Waals surface area (Å²) in [5.41, 5.74) is 1.49. The highest BCUT2D eigenvalue weighted by Gasteiger charge is 2.17. The van der Waals surface area contributed by atoms with Gasteiger partial charge in [-0.05, 0) is 29.5 Å². The molecular formula is C12H17ClO. The van der Waals surface area contributed by atoms with Gasteiger partial charge in [-0.25, -0.2) is 0 Å². The van der Waals surface area contributed by atoms with Crippen LogP contribution in [0.5, 0.6) is 5.75 Å². The Morgan fingerprint density at radius 2 is 2.07 bits per heavy atom. The Morgan fingerprint density at radius 3 is 2.64 bits per heavy atom. The van der Waals surface area contributed by atoms with E-state index in [0.29, 0.717) is 0 Å². The average molecular weight is 213 g/mol. The molecule has 0 heterocycles. The summed E-state index contributed by atoms with van der Waals surface area (Å²) in [7, 11) is 0. The van der Waals surface area contributed by atoms with Crippen molar-refractivity contribution >= 4 is 11.6 Å². The molecule has 0 aliphatic rings. The van der Waals surface area contributed by atoms with Crippen molar-refractivity contribution in [1.82, 2.24) is 0 Å². The van der Waals surface area contributed by atoms with E-state index in [-0.39, 0.29) is 11.5 Å². The Kier molecular flexibility index (Phi) is 3.82. The Labute approximate surface area is 91.0 Å². The number of rotatable bonds is 4. The van der Waals surface area contributed by atoms with Gasteiger partial charge in [0.2, 0.25) is 0 Å². The standard InChI is InChI=1S/C12H17ClO/c1-4-12(2,3)10-6-5-7-11(8-10)14-9-13/h5-8H,4,9H2,1-3H3. The molecule has 2 heteroatoms. The van der Waals surface area contributed by atoms with E-state index < -0.39 is 0 Å². The monoisotopic (exact) mass is 212 g/mol. The molecule has 0 radical (unpaired) electrons. The first-order chi connectivity index (χ1) is 6.60. The van der Waals surface area contributed by atoms with Gasteiger partial charge in [0.25, 0.3) is 0 Å². The van der Waals surface area contributed by atoms with Crippen molar-refractivity contribution in [2.24, 2.45) is 0 Å². The van der Waals surface area contributed by atoms with E-state index >= 15 is 0 Å². The van der Waals surface area contributed by atoms with Gasteiger partial charge in [0.1, 0.15) is 5.75 Å². The third-order valence-corrected chi connectivity index (χ3v) is 2.83. The fraction of sp³-hybridized carbons (Fsp3) is 0.500. The van der Waals surface area contributed by atoms with Crippen LogP contribution in [-0.2, 0) is 5.41 Å². The maximum atomic E-state index is 5.51. The molecule has 78 valence electrons. The summed E-state index contributed by atoms with van der Waals surface area (Å²) in [6, 6.07) is 8.33. The lowest BCUT2D eigenvalue weighted by Crippen LogP contribution is -2.15. The van der Waals surface area contributed by atoms with E-state index in [4.69, 9.17) is 16.3 Å². The number of hydrogen-bond acceptors (Lipinski definition) is 1. The molecule has 0 aliphatic carbocycles. The second-order valence-corrected chi connectivity index (χ2v) is 4.24. The summed E-state index contributed by atoms with van der Waals surface area (Å²) in [6.07, 6.45) is 1.11. The van der Waals surface area contributed by atoms with Crippen LogP contribution >= 0.6 is 11.6 Å². The fourth-order valence-corrected chi connectivity index (χ4v) is 1.40. The van der Waals surface area contributed by atoms with Crippen LogP contribution in [0.25, 0.3) is 0 Å². The van der Waals surface area contributed by atoms with Crippen LogP contribution in [0.15, 0.2) is 24.3 Å². The average Bonchev–Trinajstić information content (AvgIpc) is 2.19. The molecule has 1 aromatic carbocycles. The van der Waals surface area contributed by atoms with Gasteiger partial charge in [0.15, 0.2) is 6.07 Å². The Balaban J connectivity index is 2.93. The molecule has 14 heavy (non-hydrogen) atoms. The SMILES string of the molecule is CCC(C)(C)c1cccc(OCCl)c1. The van der Waals surface area contributed by atoms with Crippen LogP contribution < -0.4 is 4.74 Å². The quantitative estimate of drug-likeness (QED) is 0.687. The lowest BCUT2D eigenvalue weighted by Gasteiger charge is -2.23. The van der Waals surface area contributed by atoms with Gasteiger partial charge in [-0.3, -0.25) is 0 Å². The van der Waals surface area contributed by atoms with E-state index in [1.165, 1.54) is 5.56 Å². The van der Waals surface area contributed by atoms with Gasteiger partial charge in [-0.1, -0.05) is 44.5 Å². The van der Waals surface area contributed by atoms with Gasteiger partial charge in [0, 0.05) is 0 Å². The van der Waals surface area contributed by atoms with Gasteiger partial charge in [-0.15, -0.1) is 0 Å². The van der Waals surface area contributed by atoms with E-state index in [2.05, 4.69) is 32.9 Å². The highest BCUT2D eigenvalue weighted by molar-refractivity contribution is 6.17. The van der Waals surface area contributed by atoms with E-state index in [0.717, 1.165) is 12.2 Å². The highest BCUT2D eigenvalue weighted by Crippen LogP contribution is 2.29. The predicted octanol–water partition coefficient (Wildman–Crippen LogP) is 3.95. The van der Waals surface area contributed by atoms with E-state index in [1.807, 2.05) is 12.1 Å². The number of hydrogen-bond donors (Lipinski definition) is 0. The summed E-state index contributed by atoms with van der Waals surface area (Å²) in [5, 5.41) is 0. The molecule has 0 spiro atoms. The number of halogens is 1. The molecule has 1 rings (SSSR count). The smallest absolute Gasteiger partial charge is 0.162 e. The molecule has 0 aliphatic heterocycles. The lowest BCUT2D eigenvalue weighted by atomic mass is 9.82. The summed E-state index contributed by atoms with van der Waals surface area (Å²) in [6.45, 7) is 6.65. The summed E-state index contributed by atoms with van der Waals surface area (Å²) in [4.78, 5) is 0. The van der Waals surface area contributed by atoms with Crippen LogP contribution in [0.1, 0.15) is 32.8 Å².